The van der Waals surface area contributed by atoms with Gasteiger partial charge in [0.1, 0.15) is 15.7 Å². The number of aromatic nitrogens is 1. The maximum Gasteiger partial charge on any atom is 0.417 e. The van der Waals surface area contributed by atoms with Crippen LogP contribution in [0, 0.1) is 0 Å². The molecule has 1 aromatic carbocycles. The highest BCUT2D eigenvalue weighted by Gasteiger charge is 2.31. The smallest absolute Gasteiger partial charge is 0.417 e. The quantitative estimate of drug-likeness (QED) is 0.360. The lowest BCUT2D eigenvalue weighted by Crippen LogP contribution is -2.08. The van der Waals surface area contributed by atoms with Crippen molar-refractivity contribution in [2.75, 3.05) is 19.0 Å². The van der Waals surface area contributed by atoms with Crippen molar-refractivity contribution < 1.29 is 27.4 Å². The number of pyridine rings is 1. The van der Waals surface area contributed by atoms with E-state index in [0.29, 0.717) is 17.6 Å². The number of nitrogens with zero attached hydrogens (tertiary/aromatic N) is 1. The van der Waals surface area contributed by atoms with Gasteiger partial charge in [0.05, 0.1) is 24.3 Å². The maximum absolute atomic E-state index is 12.7. The molecule has 28 heavy (non-hydrogen) atoms. The zero-order valence-corrected chi connectivity index (χ0v) is 16.4. The number of ether oxygens (including phenoxy) is 2. The molecule has 0 aliphatic rings. The number of anilines is 1. The van der Waals surface area contributed by atoms with Crippen LogP contribution in [0.1, 0.15) is 12.5 Å². The van der Waals surface area contributed by atoms with Gasteiger partial charge in [0, 0.05) is 18.1 Å². The molecule has 0 spiro atoms. The first kappa shape index (κ1) is 21.9. The van der Waals surface area contributed by atoms with Crippen molar-refractivity contribution in [3.8, 4) is 5.75 Å². The molecule has 2 aromatic rings. The van der Waals surface area contributed by atoms with E-state index in [9.17, 15) is 18.0 Å². The topological polar surface area (TPSA) is 60.5 Å². The van der Waals surface area contributed by atoms with E-state index in [1.807, 2.05) is 0 Å². The first-order valence-electron chi connectivity index (χ1n) is 7.93. The van der Waals surface area contributed by atoms with Gasteiger partial charge in [0.2, 0.25) is 0 Å². The van der Waals surface area contributed by atoms with Gasteiger partial charge in [-0.15, -0.1) is 0 Å². The van der Waals surface area contributed by atoms with E-state index in [1.54, 1.807) is 38.3 Å². The van der Waals surface area contributed by atoms with Crippen LogP contribution in [0.2, 0.25) is 5.02 Å². The Hall–Kier alpha value is -2.39. The monoisotopic (exact) mass is 432 g/mol. The van der Waals surface area contributed by atoms with Gasteiger partial charge < -0.3 is 14.8 Å². The molecule has 0 aliphatic heterocycles. The molecular formula is C18H16ClF3N2O3S. The van der Waals surface area contributed by atoms with Crippen LogP contribution in [0.3, 0.4) is 0 Å². The fourth-order valence-corrected chi connectivity index (χ4v) is 2.94. The van der Waals surface area contributed by atoms with Gasteiger partial charge in [0.25, 0.3) is 0 Å². The molecule has 0 fully saturated rings. The number of carbonyl (C=O) groups excluding carboxylic acids is 1. The number of hydrogen-bond donors (Lipinski definition) is 1. The van der Waals surface area contributed by atoms with Gasteiger partial charge in [-0.05, 0) is 37.3 Å². The Morgan fingerprint density at radius 1 is 1.32 bits per heavy atom. The summed E-state index contributed by atoms with van der Waals surface area (Å²) >= 11 is 6.71. The number of halogens is 4. The van der Waals surface area contributed by atoms with Crippen molar-refractivity contribution in [3.63, 3.8) is 0 Å². The van der Waals surface area contributed by atoms with Gasteiger partial charge in [0.15, 0.2) is 0 Å². The lowest BCUT2D eigenvalue weighted by molar-refractivity contribution is -0.138. The van der Waals surface area contributed by atoms with E-state index in [0.717, 1.165) is 17.8 Å². The van der Waals surface area contributed by atoms with Gasteiger partial charge in [-0.3, -0.25) is 0 Å². The van der Waals surface area contributed by atoms with Crippen molar-refractivity contribution in [2.45, 2.75) is 18.1 Å². The third-order valence-corrected chi connectivity index (χ3v) is 4.70. The largest absolute Gasteiger partial charge is 0.497 e. The zero-order valence-electron chi connectivity index (χ0n) is 14.8. The Morgan fingerprint density at radius 2 is 2.00 bits per heavy atom. The summed E-state index contributed by atoms with van der Waals surface area (Å²) in [6, 6.07) is 7.66. The fourth-order valence-electron chi connectivity index (χ4n) is 1.93. The van der Waals surface area contributed by atoms with E-state index in [-0.39, 0.29) is 21.6 Å². The molecule has 2 rings (SSSR count). The number of esters is 1. The molecule has 0 saturated heterocycles. The maximum atomic E-state index is 12.7. The van der Waals surface area contributed by atoms with Gasteiger partial charge in [-0.2, -0.15) is 13.2 Å². The molecule has 1 aromatic heterocycles. The number of methoxy groups -OCH3 is 1. The summed E-state index contributed by atoms with van der Waals surface area (Å²) in [6.07, 6.45) is -2.52. The highest BCUT2D eigenvalue weighted by Crippen LogP contribution is 2.36. The summed E-state index contributed by atoms with van der Waals surface area (Å²) in [5, 5.41) is 2.74. The van der Waals surface area contributed by atoms with Crippen molar-refractivity contribution in [1.29, 1.82) is 0 Å². The minimum absolute atomic E-state index is 0.0468. The van der Waals surface area contributed by atoms with Gasteiger partial charge >= 0.3 is 12.1 Å². The summed E-state index contributed by atoms with van der Waals surface area (Å²) in [4.78, 5) is 16.0. The van der Waals surface area contributed by atoms with Crippen molar-refractivity contribution in [2.24, 2.45) is 0 Å². The van der Waals surface area contributed by atoms with Crippen molar-refractivity contribution >= 4 is 35.0 Å². The molecule has 0 aliphatic carbocycles. The number of hydrogen-bond acceptors (Lipinski definition) is 6. The van der Waals surface area contributed by atoms with Crippen LogP contribution < -0.4 is 10.1 Å². The average Bonchev–Trinajstić information content (AvgIpc) is 2.66. The second-order valence-corrected chi connectivity index (χ2v) is 6.65. The lowest BCUT2D eigenvalue weighted by Gasteiger charge is -2.11. The second kappa shape index (κ2) is 9.70. The summed E-state index contributed by atoms with van der Waals surface area (Å²) in [5.74, 6) is 0.00142. The molecule has 5 nitrogen and oxygen atoms in total. The second-order valence-electron chi connectivity index (χ2n) is 5.21. The van der Waals surface area contributed by atoms with Gasteiger partial charge in [-0.1, -0.05) is 23.4 Å². The molecule has 1 N–H and O–H groups in total. The first-order valence-corrected chi connectivity index (χ1v) is 9.12. The summed E-state index contributed by atoms with van der Waals surface area (Å²) in [6.45, 7) is 1.77. The van der Waals surface area contributed by atoms with Crippen LogP contribution in [0.15, 0.2) is 52.7 Å². The van der Waals surface area contributed by atoms with E-state index in [1.165, 1.54) is 6.20 Å². The van der Waals surface area contributed by atoms with Crippen LogP contribution in [0.4, 0.5) is 18.9 Å². The van der Waals surface area contributed by atoms with E-state index < -0.39 is 17.7 Å². The molecule has 150 valence electrons. The van der Waals surface area contributed by atoms with Gasteiger partial charge in [-0.25, -0.2) is 9.78 Å². The fraction of sp³-hybridized carbons (Fsp3) is 0.222. The highest BCUT2D eigenvalue weighted by molar-refractivity contribution is 8.04. The Labute approximate surface area is 168 Å². The lowest BCUT2D eigenvalue weighted by atomic mass is 10.3. The minimum Gasteiger partial charge on any atom is -0.497 e. The SMILES string of the molecule is CCOC(=O)/C(=C\Nc1ccc(OC)cc1)Sc1ncc(C(F)(F)F)cc1Cl. The third-order valence-electron chi connectivity index (χ3n) is 3.28. The average molecular weight is 433 g/mol. The zero-order chi connectivity index (χ0) is 20.7. The van der Waals surface area contributed by atoms with E-state index in [4.69, 9.17) is 21.1 Å². The van der Waals surface area contributed by atoms with E-state index in [2.05, 4.69) is 10.3 Å². The molecule has 0 unspecified atom stereocenters. The Bertz CT molecular complexity index is 858. The minimum atomic E-state index is -4.56. The summed E-state index contributed by atoms with van der Waals surface area (Å²) in [5.41, 5.74) is -0.311. The molecule has 0 saturated carbocycles. The Balaban J connectivity index is 2.24. The van der Waals surface area contributed by atoms with Crippen LogP contribution in [0.5, 0.6) is 5.75 Å². The van der Waals surface area contributed by atoms with Crippen molar-refractivity contribution in [3.05, 3.63) is 58.2 Å². The van der Waals surface area contributed by atoms with Crippen molar-refractivity contribution in [1.82, 2.24) is 4.98 Å². The molecule has 0 radical (unpaired) electrons. The Kier molecular flexibility index (Phi) is 7.59. The number of alkyl halides is 3. The molecular weight excluding hydrogens is 417 g/mol. The van der Waals surface area contributed by atoms with Crippen LogP contribution >= 0.6 is 23.4 Å². The molecule has 10 heteroatoms. The van der Waals surface area contributed by atoms with E-state index >= 15 is 0 Å². The Morgan fingerprint density at radius 3 is 2.54 bits per heavy atom. The predicted molar refractivity (Wildman–Crippen MR) is 101 cm³/mol. The first-order chi connectivity index (χ1) is 13.2. The van der Waals surface area contributed by atoms with Crippen LogP contribution in [0.25, 0.3) is 0 Å². The van der Waals surface area contributed by atoms with Crippen LogP contribution in [-0.4, -0.2) is 24.7 Å². The number of benzene rings is 1. The number of nitrogens with one attached hydrogen (secondary N) is 1. The number of carbonyl (C=O) groups is 1. The number of thioether (sulfide) groups is 1. The summed E-state index contributed by atoms with van der Waals surface area (Å²) < 4.78 is 48.3. The molecule has 0 atom stereocenters. The molecule has 1 heterocycles. The normalized spacial score (nSPS) is 11.9. The highest BCUT2D eigenvalue weighted by atomic mass is 35.5. The third kappa shape index (κ3) is 6.07. The summed E-state index contributed by atoms with van der Waals surface area (Å²) in [7, 11) is 1.54. The number of rotatable bonds is 7. The predicted octanol–water partition coefficient (Wildman–Crippen LogP) is 5.37. The molecule has 0 bridgehead atoms. The molecule has 0 amide bonds. The standard InChI is InChI=1S/C18H16ClF3N2O3S/c1-3-27-17(25)15(10-23-12-4-6-13(26-2)7-5-12)28-16-14(19)8-11(9-24-16)18(20,21)22/h4-10,23H,3H2,1-2H3/b15-10+. The van der Waals surface area contributed by atoms with Crippen LogP contribution in [-0.2, 0) is 15.7 Å².